The lowest BCUT2D eigenvalue weighted by Crippen LogP contribution is -2.51. The zero-order valence-corrected chi connectivity index (χ0v) is 19.7. The van der Waals surface area contributed by atoms with Crippen molar-refractivity contribution in [2.75, 3.05) is 23.7 Å². The minimum Gasteiger partial charge on any atom is -0.355 e. The van der Waals surface area contributed by atoms with Gasteiger partial charge in [-0.2, -0.15) is 0 Å². The van der Waals surface area contributed by atoms with E-state index < -0.39 is 28.5 Å². The summed E-state index contributed by atoms with van der Waals surface area (Å²) >= 11 is 6.27. The average molecular weight is 466 g/mol. The van der Waals surface area contributed by atoms with Crippen molar-refractivity contribution in [3.63, 3.8) is 0 Å². The van der Waals surface area contributed by atoms with Gasteiger partial charge in [-0.05, 0) is 44.0 Å². The SMILES string of the molecule is CCNC(=O)C(C)N(Cc1ccccc1Cl)C(=O)CN(c1ccccc1C)S(C)(=O)=O. The number of para-hydroxylation sites is 1. The van der Waals surface area contributed by atoms with Crippen LogP contribution in [0, 0.1) is 6.92 Å². The fourth-order valence-corrected chi connectivity index (χ4v) is 4.26. The average Bonchev–Trinajstić information content (AvgIpc) is 2.71. The van der Waals surface area contributed by atoms with Gasteiger partial charge in [-0.3, -0.25) is 13.9 Å². The second-order valence-corrected chi connectivity index (χ2v) is 9.55. The lowest BCUT2D eigenvalue weighted by atomic mass is 10.1. The summed E-state index contributed by atoms with van der Waals surface area (Å²) in [6.45, 7) is 5.22. The molecule has 0 heterocycles. The van der Waals surface area contributed by atoms with Gasteiger partial charge in [-0.1, -0.05) is 48.0 Å². The second-order valence-electron chi connectivity index (χ2n) is 7.24. The van der Waals surface area contributed by atoms with Crippen LogP contribution in [0.25, 0.3) is 0 Å². The molecule has 0 aliphatic carbocycles. The van der Waals surface area contributed by atoms with Crippen molar-refractivity contribution in [3.8, 4) is 0 Å². The zero-order valence-electron chi connectivity index (χ0n) is 18.1. The molecule has 0 spiro atoms. The first-order chi connectivity index (χ1) is 14.6. The number of amides is 2. The molecular formula is C22H28ClN3O4S. The van der Waals surface area contributed by atoms with E-state index in [-0.39, 0.29) is 12.5 Å². The van der Waals surface area contributed by atoms with E-state index in [2.05, 4.69) is 5.32 Å². The van der Waals surface area contributed by atoms with Gasteiger partial charge < -0.3 is 10.2 Å². The lowest BCUT2D eigenvalue weighted by molar-refractivity contribution is -0.139. The number of likely N-dealkylation sites (N-methyl/N-ethyl adjacent to an activating group) is 1. The van der Waals surface area contributed by atoms with E-state index in [0.29, 0.717) is 22.8 Å². The molecule has 0 aromatic heterocycles. The molecule has 31 heavy (non-hydrogen) atoms. The quantitative estimate of drug-likeness (QED) is 0.616. The molecule has 0 aliphatic rings. The van der Waals surface area contributed by atoms with Crippen molar-refractivity contribution in [3.05, 3.63) is 64.7 Å². The van der Waals surface area contributed by atoms with Crippen molar-refractivity contribution in [1.29, 1.82) is 0 Å². The van der Waals surface area contributed by atoms with E-state index in [1.807, 2.05) is 0 Å². The topological polar surface area (TPSA) is 86.8 Å². The third-order valence-corrected chi connectivity index (χ3v) is 6.38. The predicted octanol–water partition coefficient (Wildman–Crippen LogP) is 2.97. The highest BCUT2D eigenvalue weighted by Gasteiger charge is 2.30. The molecule has 0 saturated carbocycles. The van der Waals surface area contributed by atoms with Crippen LogP contribution < -0.4 is 9.62 Å². The number of sulfonamides is 1. The standard InChI is InChI=1S/C22H28ClN3O4S/c1-5-24-22(28)17(3)25(14-18-11-7-8-12-19(18)23)21(27)15-26(31(4,29)30)20-13-9-6-10-16(20)2/h6-13,17H,5,14-15H2,1-4H3,(H,24,28). The van der Waals surface area contributed by atoms with Gasteiger partial charge in [-0.25, -0.2) is 8.42 Å². The summed E-state index contributed by atoms with van der Waals surface area (Å²) in [6.07, 6.45) is 1.05. The monoisotopic (exact) mass is 465 g/mol. The number of anilines is 1. The summed E-state index contributed by atoms with van der Waals surface area (Å²) in [5.74, 6) is -0.836. The van der Waals surface area contributed by atoms with E-state index in [1.54, 1.807) is 69.3 Å². The molecule has 1 atom stereocenters. The molecular weight excluding hydrogens is 438 g/mol. The van der Waals surface area contributed by atoms with Gasteiger partial charge in [0.2, 0.25) is 21.8 Å². The summed E-state index contributed by atoms with van der Waals surface area (Å²) in [5.41, 5.74) is 1.80. The van der Waals surface area contributed by atoms with E-state index >= 15 is 0 Å². The summed E-state index contributed by atoms with van der Waals surface area (Å²) in [7, 11) is -3.75. The van der Waals surface area contributed by atoms with Gasteiger partial charge in [0.1, 0.15) is 12.6 Å². The number of hydrogen-bond acceptors (Lipinski definition) is 4. The Balaban J connectivity index is 2.41. The Labute approximate surface area is 189 Å². The smallest absolute Gasteiger partial charge is 0.244 e. The molecule has 2 aromatic carbocycles. The number of carbonyl (C=O) groups is 2. The molecule has 7 nitrogen and oxygen atoms in total. The maximum atomic E-state index is 13.3. The van der Waals surface area contributed by atoms with Gasteiger partial charge in [0, 0.05) is 18.1 Å². The van der Waals surface area contributed by atoms with Crippen LogP contribution in [0.5, 0.6) is 0 Å². The highest BCUT2D eigenvalue weighted by Crippen LogP contribution is 2.23. The Kier molecular flexibility index (Phi) is 8.47. The first-order valence-electron chi connectivity index (χ1n) is 9.90. The molecule has 0 bridgehead atoms. The molecule has 2 amide bonds. The van der Waals surface area contributed by atoms with Crippen LogP contribution in [-0.4, -0.2) is 50.5 Å². The number of nitrogens with zero attached hydrogens (tertiary/aromatic N) is 2. The minimum atomic E-state index is -3.75. The Morgan fingerprint density at radius 3 is 2.29 bits per heavy atom. The molecule has 2 aromatic rings. The zero-order chi connectivity index (χ0) is 23.2. The number of carbonyl (C=O) groups excluding carboxylic acids is 2. The molecule has 0 aliphatic heterocycles. The number of aryl methyl sites for hydroxylation is 1. The van der Waals surface area contributed by atoms with Crippen LogP contribution in [-0.2, 0) is 26.2 Å². The van der Waals surface area contributed by atoms with Crippen LogP contribution in [0.3, 0.4) is 0 Å². The maximum absolute atomic E-state index is 13.3. The first kappa shape index (κ1) is 24.7. The molecule has 168 valence electrons. The Bertz CT molecular complexity index is 1040. The highest BCUT2D eigenvalue weighted by atomic mass is 35.5. The third-order valence-electron chi connectivity index (χ3n) is 4.88. The van der Waals surface area contributed by atoms with Crippen LogP contribution in [0.15, 0.2) is 48.5 Å². The summed E-state index contributed by atoms with van der Waals surface area (Å²) in [4.78, 5) is 27.2. The van der Waals surface area contributed by atoms with Gasteiger partial charge in [0.05, 0.1) is 11.9 Å². The molecule has 9 heteroatoms. The molecule has 1 unspecified atom stereocenters. The van der Waals surface area contributed by atoms with Crippen LogP contribution in [0.1, 0.15) is 25.0 Å². The number of benzene rings is 2. The van der Waals surface area contributed by atoms with Gasteiger partial charge >= 0.3 is 0 Å². The first-order valence-corrected chi connectivity index (χ1v) is 12.1. The number of nitrogens with one attached hydrogen (secondary N) is 1. The van der Waals surface area contributed by atoms with Crippen molar-refractivity contribution in [1.82, 2.24) is 10.2 Å². The Morgan fingerprint density at radius 2 is 1.71 bits per heavy atom. The van der Waals surface area contributed by atoms with Gasteiger partial charge in [0.15, 0.2) is 0 Å². The Hall–Kier alpha value is -2.58. The number of rotatable bonds is 9. The number of halogens is 1. The minimum absolute atomic E-state index is 0.0716. The van der Waals surface area contributed by atoms with Crippen molar-refractivity contribution in [2.45, 2.75) is 33.4 Å². The van der Waals surface area contributed by atoms with Crippen LogP contribution >= 0.6 is 11.6 Å². The van der Waals surface area contributed by atoms with Gasteiger partial charge in [0.25, 0.3) is 0 Å². The lowest BCUT2D eigenvalue weighted by Gasteiger charge is -2.32. The van der Waals surface area contributed by atoms with Crippen molar-refractivity contribution < 1.29 is 18.0 Å². The largest absolute Gasteiger partial charge is 0.355 e. The van der Waals surface area contributed by atoms with Crippen LogP contribution in [0.4, 0.5) is 5.69 Å². The Morgan fingerprint density at radius 1 is 1.10 bits per heavy atom. The predicted molar refractivity (Wildman–Crippen MR) is 124 cm³/mol. The summed E-state index contributed by atoms with van der Waals surface area (Å²) in [6, 6.07) is 13.1. The molecule has 1 N–H and O–H groups in total. The molecule has 2 rings (SSSR count). The van der Waals surface area contributed by atoms with E-state index in [0.717, 1.165) is 16.1 Å². The van der Waals surface area contributed by atoms with E-state index in [4.69, 9.17) is 11.6 Å². The fourth-order valence-electron chi connectivity index (χ4n) is 3.15. The van der Waals surface area contributed by atoms with Crippen molar-refractivity contribution >= 4 is 39.1 Å². The van der Waals surface area contributed by atoms with E-state index in [9.17, 15) is 18.0 Å². The summed E-state index contributed by atoms with van der Waals surface area (Å²) in [5, 5.41) is 3.17. The van der Waals surface area contributed by atoms with Crippen LogP contribution in [0.2, 0.25) is 5.02 Å². The maximum Gasteiger partial charge on any atom is 0.244 e. The molecule has 0 saturated heterocycles. The van der Waals surface area contributed by atoms with Gasteiger partial charge in [-0.15, -0.1) is 0 Å². The fraction of sp³-hybridized carbons (Fsp3) is 0.364. The number of hydrogen-bond donors (Lipinski definition) is 1. The van der Waals surface area contributed by atoms with E-state index in [1.165, 1.54) is 4.90 Å². The normalized spacial score (nSPS) is 12.2. The summed E-state index contributed by atoms with van der Waals surface area (Å²) < 4.78 is 26.1. The molecule has 0 radical (unpaired) electrons. The highest BCUT2D eigenvalue weighted by molar-refractivity contribution is 7.92. The van der Waals surface area contributed by atoms with Crippen molar-refractivity contribution in [2.24, 2.45) is 0 Å². The molecule has 0 fully saturated rings. The third kappa shape index (κ3) is 6.45. The second kappa shape index (κ2) is 10.6.